The van der Waals surface area contributed by atoms with Gasteiger partial charge in [0, 0.05) is 12.7 Å². The molecule has 1 rings (SSSR count). The molecule has 0 aliphatic rings. The van der Waals surface area contributed by atoms with Gasteiger partial charge in [-0.3, -0.25) is 4.72 Å². The van der Waals surface area contributed by atoms with Gasteiger partial charge in [-0.15, -0.1) is 12.4 Å². The molecule has 0 amide bonds. The number of pyridine rings is 1. The van der Waals surface area contributed by atoms with Crippen LogP contribution in [0.3, 0.4) is 0 Å². The summed E-state index contributed by atoms with van der Waals surface area (Å²) < 4.78 is 23.9. The molecule has 0 spiro atoms. The first kappa shape index (κ1) is 13.2. The Morgan fingerprint density at radius 2 is 2.21 bits per heavy atom. The second-order valence-corrected chi connectivity index (χ2v) is 4.38. The number of rotatable bonds is 3. The zero-order valence-corrected chi connectivity index (χ0v) is 9.23. The summed E-state index contributed by atoms with van der Waals surface area (Å²) in [6.07, 6.45) is 2.58. The molecule has 0 saturated heterocycles. The predicted molar refractivity (Wildman–Crippen MR) is 57.8 cm³/mol. The summed E-state index contributed by atoms with van der Waals surface area (Å²) in [7, 11) is -3.26. The minimum absolute atomic E-state index is 0. The lowest BCUT2D eigenvalue weighted by molar-refractivity contribution is 0.606. The molecule has 0 bridgehead atoms. The van der Waals surface area contributed by atoms with Crippen LogP contribution in [0.15, 0.2) is 18.3 Å². The van der Waals surface area contributed by atoms with Gasteiger partial charge in [-0.1, -0.05) is 0 Å². The lowest BCUT2D eigenvalue weighted by Gasteiger charge is -2.03. The molecule has 3 N–H and O–H groups in total. The maximum absolute atomic E-state index is 10.8. The largest absolute Gasteiger partial charge is 0.326 e. The van der Waals surface area contributed by atoms with Gasteiger partial charge in [0.2, 0.25) is 10.0 Å². The van der Waals surface area contributed by atoms with Crippen molar-refractivity contribution in [1.82, 2.24) is 4.98 Å². The average Bonchev–Trinajstić information content (AvgIpc) is 2.01. The van der Waals surface area contributed by atoms with Crippen LogP contribution in [0, 0.1) is 0 Å². The molecule has 0 fully saturated rings. The molecule has 0 aliphatic carbocycles. The van der Waals surface area contributed by atoms with E-state index < -0.39 is 10.0 Å². The van der Waals surface area contributed by atoms with E-state index in [4.69, 9.17) is 5.73 Å². The van der Waals surface area contributed by atoms with Crippen LogP contribution in [-0.4, -0.2) is 19.7 Å². The molecule has 1 heterocycles. The van der Waals surface area contributed by atoms with E-state index in [9.17, 15) is 8.42 Å². The van der Waals surface area contributed by atoms with Crippen LogP contribution in [0.4, 0.5) is 5.82 Å². The van der Waals surface area contributed by atoms with Crippen LogP contribution in [0.25, 0.3) is 0 Å². The van der Waals surface area contributed by atoms with Crippen LogP contribution in [0.5, 0.6) is 0 Å². The standard InChI is InChI=1S/C7H11N3O2S.ClH/c1-13(11,12)10-7-4-6(5-8)2-3-9-7;/h2-4H,5,8H2,1H3,(H,9,10);1H. The van der Waals surface area contributed by atoms with Gasteiger partial charge in [0.1, 0.15) is 5.82 Å². The second kappa shape index (κ2) is 5.14. The Balaban J connectivity index is 0.00000169. The highest BCUT2D eigenvalue weighted by atomic mass is 35.5. The zero-order valence-electron chi connectivity index (χ0n) is 7.60. The Kier molecular flexibility index (Phi) is 4.82. The van der Waals surface area contributed by atoms with Crippen molar-refractivity contribution in [3.63, 3.8) is 0 Å². The highest BCUT2D eigenvalue weighted by Gasteiger charge is 2.02. The molecule has 1 aromatic heterocycles. The molecule has 1 aromatic rings. The van der Waals surface area contributed by atoms with Crippen LogP contribution >= 0.6 is 12.4 Å². The molecular formula is C7H12ClN3O2S. The van der Waals surface area contributed by atoms with Gasteiger partial charge in [0.15, 0.2) is 0 Å². The number of nitrogens with two attached hydrogens (primary N) is 1. The highest BCUT2D eigenvalue weighted by Crippen LogP contribution is 2.06. The third-order valence-corrected chi connectivity index (χ3v) is 1.93. The summed E-state index contributed by atoms with van der Waals surface area (Å²) in [5, 5.41) is 0. The van der Waals surface area contributed by atoms with Gasteiger partial charge in [0.05, 0.1) is 6.26 Å². The van der Waals surface area contributed by atoms with Gasteiger partial charge >= 0.3 is 0 Å². The molecule has 7 heteroatoms. The van der Waals surface area contributed by atoms with Crippen LogP contribution in [0.1, 0.15) is 5.56 Å². The highest BCUT2D eigenvalue weighted by molar-refractivity contribution is 7.92. The Bertz CT molecular complexity index is 394. The average molecular weight is 238 g/mol. The van der Waals surface area contributed by atoms with Crippen LogP contribution in [0.2, 0.25) is 0 Å². The van der Waals surface area contributed by atoms with E-state index in [1.807, 2.05) is 0 Å². The van der Waals surface area contributed by atoms with Crippen molar-refractivity contribution in [2.45, 2.75) is 6.54 Å². The summed E-state index contributed by atoms with van der Waals surface area (Å²) >= 11 is 0. The number of hydrogen-bond acceptors (Lipinski definition) is 4. The number of sulfonamides is 1. The first-order valence-corrected chi connectivity index (χ1v) is 5.53. The first-order chi connectivity index (χ1) is 6.01. The van der Waals surface area contributed by atoms with E-state index in [1.54, 1.807) is 12.1 Å². The number of nitrogens with one attached hydrogen (secondary N) is 1. The summed E-state index contributed by atoms with van der Waals surface area (Å²) in [5.41, 5.74) is 6.21. The zero-order chi connectivity index (χ0) is 9.90. The normalized spacial score (nSPS) is 10.4. The van der Waals surface area contributed by atoms with E-state index >= 15 is 0 Å². The minimum atomic E-state index is -3.26. The smallest absolute Gasteiger partial charge is 0.230 e. The van der Waals surface area contributed by atoms with E-state index in [0.29, 0.717) is 12.4 Å². The third-order valence-electron chi connectivity index (χ3n) is 1.35. The fraction of sp³-hybridized carbons (Fsp3) is 0.286. The van der Waals surface area contributed by atoms with Gasteiger partial charge < -0.3 is 5.73 Å². The van der Waals surface area contributed by atoms with E-state index in [-0.39, 0.29) is 12.4 Å². The molecule has 0 radical (unpaired) electrons. The molecule has 0 atom stereocenters. The van der Waals surface area contributed by atoms with Crippen molar-refractivity contribution in [1.29, 1.82) is 0 Å². The quantitative estimate of drug-likeness (QED) is 0.794. The number of anilines is 1. The van der Waals surface area contributed by atoms with Crippen LogP contribution < -0.4 is 10.5 Å². The summed E-state index contributed by atoms with van der Waals surface area (Å²) in [6, 6.07) is 3.33. The molecule has 14 heavy (non-hydrogen) atoms. The monoisotopic (exact) mass is 237 g/mol. The van der Waals surface area contributed by atoms with Crippen molar-refractivity contribution in [2.75, 3.05) is 11.0 Å². The van der Waals surface area contributed by atoms with E-state index in [2.05, 4.69) is 9.71 Å². The summed E-state index contributed by atoms with van der Waals surface area (Å²) in [4.78, 5) is 3.83. The molecule has 0 unspecified atom stereocenters. The maximum atomic E-state index is 10.8. The minimum Gasteiger partial charge on any atom is -0.326 e. The number of nitrogens with zero attached hydrogens (tertiary/aromatic N) is 1. The maximum Gasteiger partial charge on any atom is 0.230 e. The predicted octanol–water partition coefficient (Wildman–Crippen LogP) is 0.334. The Labute approximate surface area is 89.2 Å². The fourth-order valence-corrected chi connectivity index (χ4v) is 1.34. The second-order valence-electron chi connectivity index (χ2n) is 2.63. The van der Waals surface area contributed by atoms with Crippen molar-refractivity contribution in [3.05, 3.63) is 23.9 Å². The Hall–Kier alpha value is -0.850. The van der Waals surface area contributed by atoms with Crippen molar-refractivity contribution >= 4 is 28.2 Å². The molecule has 0 aliphatic heterocycles. The number of aromatic nitrogens is 1. The summed E-state index contributed by atoms with van der Waals surface area (Å²) in [5.74, 6) is 0.297. The number of hydrogen-bond donors (Lipinski definition) is 2. The van der Waals surface area contributed by atoms with Gasteiger partial charge in [-0.05, 0) is 17.7 Å². The fourth-order valence-electron chi connectivity index (χ4n) is 0.847. The lowest BCUT2D eigenvalue weighted by Crippen LogP contribution is -2.11. The summed E-state index contributed by atoms with van der Waals surface area (Å²) in [6.45, 7) is 0.362. The first-order valence-electron chi connectivity index (χ1n) is 3.64. The van der Waals surface area contributed by atoms with Gasteiger partial charge in [-0.25, -0.2) is 13.4 Å². The molecule has 5 nitrogen and oxygen atoms in total. The van der Waals surface area contributed by atoms with E-state index in [1.165, 1.54) is 6.20 Å². The van der Waals surface area contributed by atoms with Crippen molar-refractivity contribution in [3.8, 4) is 0 Å². The third kappa shape index (κ3) is 4.40. The molecule has 80 valence electrons. The molecule has 0 saturated carbocycles. The van der Waals surface area contributed by atoms with Gasteiger partial charge in [-0.2, -0.15) is 0 Å². The SMILES string of the molecule is CS(=O)(=O)Nc1cc(CN)ccn1.Cl. The van der Waals surface area contributed by atoms with Crippen molar-refractivity contribution < 1.29 is 8.42 Å². The molecular weight excluding hydrogens is 226 g/mol. The Morgan fingerprint density at radius 3 is 2.71 bits per heavy atom. The van der Waals surface area contributed by atoms with E-state index in [0.717, 1.165) is 11.8 Å². The topological polar surface area (TPSA) is 85.1 Å². The van der Waals surface area contributed by atoms with Crippen molar-refractivity contribution in [2.24, 2.45) is 5.73 Å². The van der Waals surface area contributed by atoms with Crippen LogP contribution in [-0.2, 0) is 16.6 Å². The van der Waals surface area contributed by atoms with Gasteiger partial charge in [0.25, 0.3) is 0 Å². The lowest BCUT2D eigenvalue weighted by atomic mass is 10.3. The molecule has 0 aromatic carbocycles. The Morgan fingerprint density at radius 1 is 1.57 bits per heavy atom. The number of halogens is 1.